The smallest absolute Gasteiger partial charge is 0.337 e. The molecule has 0 saturated heterocycles. The fourth-order valence-electron chi connectivity index (χ4n) is 1.98. The second kappa shape index (κ2) is 6.54. The van der Waals surface area contributed by atoms with Crippen molar-refractivity contribution in [3.8, 4) is 0 Å². The number of hydrogen-bond acceptors (Lipinski definition) is 2. The van der Waals surface area contributed by atoms with E-state index in [1.165, 1.54) is 11.0 Å². The van der Waals surface area contributed by atoms with Gasteiger partial charge in [-0.15, -0.1) is 0 Å². The fraction of sp³-hybridized carbons (Fsp3) is 0.125. The lowest BCUT2D eigenvalue weighted by atomic mass is 10.1. The van der Waals surface area contributed by atoms with Crippen LogP contribution in [0.1, 0.15) is 15.9 Å². The van der Waals surface area contributed by atoms with Crippen molar-refractivity contribution in [1.82, 2.24) is 0 Å². The summed E-state index contributed by atoms with van der Waals surface area (Å²) in [5.74, 6) is -1.21. The van der Waals surface area contributed by atoms with E-state index in [-0.39, 0.29) is 17.9 Å². The highest BCUT2D eigenvalue weighted by molar-refractivity contribution is 9.10. The number of likely N-dealkylation sites (N-methyl/N-ethyl adjacent to an activating group) is 1. The fourth-order valence-corrected chi connectivity index (χ4v) is 2.24. The molecule has 1 amide bonds. The van der Waals surface area contributed by atoms with Crippen molar-refractivity contribution >= 4 is 33.5 Å². The summed E-state index contributed by atoms with van der Waals surface area (Å²) in [6, 6.07) is 13.9. The van der Waals surface area contributed by atoms with Crippen LogP contribution in [0.3, 0.4) is 0 Å². The van der Waals surface area contributed by atoms with Gasteiger partial charge in [0.05, 0.1) is 17.7 Å². The molecule has 0 unspecified atom stereocenters. The van der Waals surface area contributed by atoms with Crippen molar-refractivity contribution in [2.45, 2.75) is 6.42 Å². The number of carboxylic acids is 1. The minimum atomic E-state index is -1.05. The first-order valence-corrected chi connectivity index (χ1v) is 7.11. The van der Waals surface area contributed by atoms with Gasteiger partial charge in [0.25, 0.3) is 0 Å². The van der Waals surface area contributed by atoms with Crippen molar-refractivity contribution in [3.63, 3.8) is 0 Å². The van der Waals surface area contributed by atoms with Gasteiger partial charge in [0.1, 0.15) is 0 Å². The van der Waals surface area contributed by atoms with E-state index in [0.29, 0.717) is 5.69 Å². The molecule has 0 spiro atoms. The summed E-state index contributed by atoms with van der Waals surface area (Å²) in [7, 11) is 1.59. The van der Waals surface area contributed by atoms with Crippen LogP contribution in [0.15, 0.2) is 53.0 Å². The van der Waals surface area contributed by atoms with Crippen LogP contribution < -0.4 is 4.90 Å². The Balaban J connectivity index is 2.20. The van der Waals surface area contributed by atoms with Crippen molar-refractivity contribution < 1.29 is 14.7 Å². The van der Waals surface area contributed by atoms with E-state index in [0.717, 1.165) is 10.0 Å². The van der Waals surface area contributed by atoms with Crippen LogP contribution in [0.4, 0.5) is 5.69 Å². The predicted molar refractivity (Wildman–Crippen MR) is 84.7 cm³/mol. The number of carboxylic acid groups (broad SMARTS) is 1. The average molecular weight is 348 g/mol. The molecule has 0 bridgehead atoms. The maximum absolute atomic E-state index is 12.3. The SMILES string of the molecule is CN(C(=O)Cc1ccc(Br)cc1)c1ccccc1C(=O)O. The van der Waals surface area contributed by atoms with Crippen molar-refractivity contribution in [2.75, 3.05) is 11.9 Å². The third-order valence-corrected chi connectivity index (χ3v) is 3.67. The zero-order valence-corrected chi connectivity index (χ0v) is 13.0. The lowest BCUT2D eigenvalue weighted by molar-refractivity contribution is -0.117. The van der Waals surface area contributed by atoms with E-state index in [2.05, 4.69) is 15.9 Å². The van der Waals surface area contributed by atoms with Gasteiger partial charge in [-0.25, -0.2) is 4.79 Å². The number of carbonyl (C=O) groups is 2. The monoisotopic (exact) mass is 347 g/mol. The van der Waals surface area contributed by atoms with Crippen LogP contribution in [0.25, 0.3) is 0 Å². The Morgan fingerprint density at radius 3 is 2.33 bits per heavy atom. The molecule has 108 valence electrons. The summed E-state index contributed by atoms with van der Waals surface area (Å²) < 4.78 is 0.947. The number of rotatable bonds is 4. The standard InChI is InChI=1S/C16H14BrNO3/c1-18(14-5-3-2-4-13(14)16(20)21)15(19)10-11-6-8-12(17)9-7-11/h2-9H,10H2,1H3,(H,20,21). The lowest BCUT2D eigenvalue weighted by Gasteiger charge is -2.19. The van der Waals surface area contributed by atoms with Crippen molar-refractivity contribution in [1.29, 1.82) is 0 Å². The molecule has 21 heavy (non-hydrogen) atoms. The molecular weight excluding hydrogens is 334 g/mol. The van der Waals surface area contributed by atoms with Crippen LogP contribution in [0.2, 0.25) is 0 Å². The molecule has 1 N–H and O–H groups in total. The van der Waals surface area contributed by atoms with Gasteiger partial charge in [-0.3, -0.25) is 4.79 Å². The van der Waals surface area contributed by atoms with Crippen molar-refractivity contribution in [3.05, 3.63) is 64.1 Å². The first kappa shape index (κ1) is 15.3. The number of amides is 1. The van der Waals surface area contributed by atoms with E-state index in [4.69, 9.17) is 0 Å². The molecule has 0 atom stereocenters. The summed E-state index contributed by atoms with van der Waals surface area (Å²) in [5, 5.41) is 9.17. The molecule has 0 radical (unpaired) electrons. The molecule has 2 aromatic carbocycles. The summed E-state index contributed by atoms with van der Waals surface area (Å²) in [6.07, 6.45) is 0.220. The Labute approximate surface area is 131 Å². The largest absolute Gasteiger partial charge is 0.478 e. The Morgan fingerprint density at radius 1 is 1.10 bits per heavy atom. The van der Waals surface area contributed by atoms with E-state index in [1.807, 2.05) is 24.3 Å². The number of carbonyl (C=O) groups excluding carboxylic acids is 1. The Kier molecular flexibility index (Phi) is 4.75. The number of hydrogen-bond donors (Lipinski definition) is 1. The molecule has 0 aliphatic carbocycles. The third-order valence-electron chi connectivity index (χ3n) is 3.14. The molecule has 0 aliphatic rings. The highest BCUT2D eigenvalue weighted by Gasteiger charge is 2.17. The highest BCUT2D eigenvalue weighted by Crippen LogP contribution is 2.20. The van der Waals surface area contributed by atoms with Gasteiger partial charge in [-0.05, 0) is 29.8 Å². The number of nitrogens with zero attached hydrogens (tertiary/aromatic N) is 1. The van der Waals surface area contributed by atoms with Gasteiger partial charge in [-0.2, -0.15) is 0 Å². The maximum Gasteiger partial charge on any atom is 0.337 e. The van der Waals surface area contributed by atoms with Crippen LogP contribution >= 0.6 is 15.9 Å². The van der Waals surface area contributed by atoms with Gasteiger partial charge in [-0.1, -0.05) is 40.2 Å². The predicted octanol–water partition coefficient (Wildman–Crippen LogP) is 3.35. The van der Waals surface area contributed by atoms with Gasteiger partial charge < -0.3 is 10.0 Å². The normalized spacial score (nSPS) is 10.2. The Morgan fingerprint density at radius 2 is 1.71 bits per heavy atom. The van der Waals surface area contributed by atoms with Crippen LogP contribution in [-0.4, -0.2) is 24.0 Å². The molecule has 2 aromatic rings. The topological polar surface area (TPSA) is 57.6 Å². The number of para-hydroxylation sites is 1. The number of anilines is 1. The molecule has 0 saturated carbocycles. The lowest BCUT2D eigenvalue weighted by Crippen LogP contribution is -2.29. The molecule has 0 heterocycles. The third kappa shape index (κ3) is 3.70. The first-order valence-electron chi connectivity index (χ1n) is 6.32. The molecule has 0 aliphatic heterocycles. The van der Waals surface area contributed by atoms with E-state index in [1.54, 1.807) is 25.2 Å². The molecule has 5 heteroatoms. The molecule has 0 fully saturated rings. The van der Waals surface area contributed by atoms with Gasteiger partial charge in [0.2, 0.25) is 5.91 Å². The van der Waals surface area contributed by atoms with Crippen LogP contribution in [-0.2, 0) is 11.2 Å². The summed E-state index contributed by atoms with van der Waals surface area (Å²) in [6.45, 7) is 0. The zero-order valence-electron chi connectivity index (χ0n) is 11.4. The van der Waals surface area contributed by atoms with E-state index >= 15 is 0 Å². The maximum atomic E-state index is 12.3. The second-order valence-electron chi connectivity index (χ2n) is 4.58. The van der Waals surface area contributed by atoms with Crippen molar-refractivity contribution in [2.24, 2.45) is 0 Å². The number of benzene rings is 2. The summed E-state index contributed by atoms with van der Waals surface area (Å²) >= 11 is 3.34. The quantitative estimate of drug-likeness (QED) is 0.922. The van der Waals surface area contributed by atoms with Gasteiger partial charge in [0, 0.05) is 11.5 Å². The Hall–Kier alpha value is -2.14. The van der Waals surface area contributed by atoms with Crippen LogP contribution in [0, 0.1) is 0 Å². The van der Waals surface area contributed by atoms with E-state index < -0.39 is 5.97 Å². The summed E-state index contributed by atoms with van der Waals surface area (Å²) in [5.41, 5.74) is 1.39. The van der Waals surface area contributed by atoms with Gasteiger partial charge >= 0.3 is 5.97 Å². The first-order chi connectivity index (χ1) is 9.99. The number of aromatic carboxylic acids is 1. The summed E-state index contributed by atoms with van der Waals surface area (Å²) in [4.78, 5) is 24.9. The molecule has 0 aromatic heterocycles. The minimum Gasteiger partial charge on any atom is -0.478 e. The molecule has 2 rings (SSSR count). The van der Waals surface area contributed by atoms with Gasteiger partial charge in [0.15, 0.2) is 0 Å². The highest BCUT2D eigenvalue weighted by atomic mass is 79.9. The Bertz CT molecular complexity index is 667. The van der Waals surface area contributed by atoms with Crippen LogP contribution in [0.5, 0.6) is 0 Å². The number of halogens is 1. The average Bonchev–Trinajstić information content (AvgIpc) is 2.48. The van der Waals surface area contributed by atoms with E-state index in [9.17, 15) is 14.7 Å². The zero-order chi connectivity index (χ0) is 15.4. The molecule has 4 nitrogen and oxygen atoms in total. The minimum absolute atomic E-state index is 0.115. The second-order valence-corrected chi connectivity index (χ2v) is 5.49. The molecular formula is C16H14BrNO3.